The van der Waals surface area contributed by atoms with Crippen LogP contribution in [0.25, 0.3) is 0 Å². The van der Waals surface area contributed by atoms with E-state index in [-0.39, 0.29) is 41.7 Å². The van der Waals surface area contributed by atoms with Crippen molar-refractivity contribution >= 4 is 21.8 Å². The third-order valence-electron chi connectivity index (χ3n) is 4.83. The van der Waals surface area contributed by atoms with Crippen molar-refractivity contribution in [1.82, 2.24) is 14.8 Å². The van der Waals surface area contributed by atoms with Gasteiger partial charge in [0.15, 0.2) is 5.84 Å². The van der Waals surface area contributed by atoms with Crippen LogP contribution in [0.1, 0.15) is 11.1 Å². The van der Waals surface area contributed by atoms with Crippen LogP contribution in [-0.4, -0.2) is 41.9 Å². The minimum atomic E-state index is -3.55. The summed E-state index contributed by atoms with van der Waals surface area (Å²) in [7, 11) is -3.55. The lowest BCUT2D eigenvalue weighted by atomic mass is 10.1. The molecule has 4 rings (SSSR count). The van der Waals surface area contributed by atoms with Gasteiger partial charge < -0.3 is 14.8 Å². The summed E-state index contributed by atoms with van der Waals surface area (Å²) in [5.41, 5.74) is 2.01. The number of hydrogen-bond donors (Lipinski definition) is 1. The molecule has 0 unspecified atom stereocenters. The Morgan fingerprint density at radius 2 is 1.87 bits per heavy atom. The predicted octanol–water partition coefficient (Wildman–Crippen LogP) is 1.01. The van der Waals surface area contributed by atoms with Crippen LogP contribution in [0.3, 0.4) is 0 Å². The van der Waals surface area contributed by atoms with Crippen LogP contribution >= 0.6 is 0 Å². The van der Waals surface area contributed by atoms with E-state index in [1.54, 1.807) is 40.1 Å². The number of aromatic nitrogens is 1. The molecule has 0 bridgehead atoms. The van der Waals surface area contributed by atoms with E-state index >= 15 is 0 Å². The Hall–Kier alpha value is -3.46. The van der Waals surface area contributed by atoms with Crippen LogP contribution in [0.5, 0.6) is 0 Å². The maximum atomic E-state index is 12.6. The fourth-order valence-corrected chi connectivity index (χ4v) is 4.21. The Bertz CT molecular complexity index is 1220. The molecule has 0 saturated heterocycles. The van der Waals surface area contributed by atoms with Gasteiger partial charge in [-0.25, -0.2) is 8.42 Å². The first-order valence-electron chi connectivity index (χ1n) is 9.41. The van der Waals surface area contributed by atoms with Crippen molar-refractivity contribution in [2.45, 2.75) is 13.1 Å². The molecule has 0 fully saturated rings. The Labute approximate surface area is 173 Å². The molecule has 0 spiro atoms. The lowest BCUT2D eigenvalue weighted by Crippen LogP contribution is -2.42. The summed E-state index contributed by atoms with van der Waals surface area (Å²) in [5, 5.41) is 2.81. The van der Waals surface area contributed by atoms with Crippen molar-refractivity contribution in [2.75, 3.05) is 12.3 Å². The van der Waals surface area contributed by atoms with Gasteiger partial charge in [-0.05, 0) is 29.3 Å². The van der Waals surface area contributed by atoms with Crippen molar-refractivity contribution in [3.63, 3.8) is 0 Å². The molecule has 1 N–H and O–H groups in total. The molecule has 154 valence electrons. The Morgan fingerprint density at radius 1 is 1.10 bits per heavy atom. The molecule has 0 atom stereocenters. The standard InChI is InChI=1S/C21H20N4O4S/c26-19-5-1-2-10-25(19)15-17-8-6-16(7-9-17)14-22-21(27)18-4-3-11-24-12-13-30(28,29)23-20(18)24/h1-11H,12-15H2,(H,22,27). The van der Waals surface area contributed by atoms with E-state index in [1.807, 2.05) is 30.3 Å². The number of allylic oxidation sites excluding steroid dienone is 2. The normalized spacial score (nSPS) is 17.0. The van der Waals surface area contributed by atoms with Gasteiger partial charge in [0.1, 0.15) is 0 Å². The summed E-state index contributed by atoms with van der Waals surface area (Å²) in [6, 6.07) is 12.6. The molecule has 0 saturated carbocycles. The lowest BCUT2D eigenvalue weighted by molar-refractivity contribution is -0.117. The number of rotatable bonds is 5. The maximum absolute atomic E-state index is 12.6. The van der Waals surface area contributed by atoms with Gasteiger partial charge in [-0.15, -0.1) is 4.40 Å². The summed E-state index contributed by atoms with van der Waals surface area (Å²) >= 11 is 0. The summed E-state index contributed by atoms with van der Waals surface area (Å²) < 4.78 is 29.0. The van der Waals surface area contributed by atoms with Crippen molar-refractivity contribution in [3.05, 3.63) is 94.1 Å². The summed E-state index contributed by atoms with van der Waals surface area (Å²) in [6.45, 7) is 1.02. The van der Waals surface area contributed by atoms with E-state index in [2.05, 4.69) is 9.71 Å². The molecule has 0 aliphatic carbocycles. The highest BCUT2D eigenvalue weighted by Crippen LogP contribution is 2.18. The van der Waals surface area contributed by atoms with Crippen LogP contribution in [0.2, 0.25) is 0 Å². The van der Waals surface area contributed by atoms with Gasteiger partial charge in [0.25, 0.3) is 21.5 Å². The summed E-state index contributed by atoms with van der Waals surface area (Å²) in [4.78, 5) is 26.1. The molecule has 1 aromatic carbocycles. The smallest absolute Gasteiger partial charge is 0.256 e. The second-order valence-corrected chi connectivity index (χ2v) is 8.74. The van der Waals surface area contributed by atoms with Crippen LogP contribution in [0.15, 0.2) is 81.8 Å². The zero-order valence-electron chi connectivity index (χ0n) is 16.1. The van der Waals surface area contributed by atoms with Crippen LogP contribution in [0.4, 0.5) is 0 Å². The van der Waals surface area contributed by atoms with Crippen LogP contribution < -0.4 is 10.9 Å². The number of nitrogens with zero attached hydrogens (tertiary/aromatic N) is 3. The largest absolute Gasteiger partial charge is 0.348 e. The van der Waals surface area contributed by atoms with Crippen molar-refractivity contribution in [3.8, 4) is 0 Å². The molecule has 0 radical (unpaired) electrons. The number of amidine groups is 1. The predicted molar refractivity (Wildman–Crippen MR) is 113 cm³/mol. The third-order valence-corrected chi connectivity index (χ3v) is 5.98. The highest BCUT2D eigenvalue weighted by atomic mass is 32.2. The van der Waals surface area contributed by atoms with E-state index < -0.39 is 10.0 Å². The van der Waals surface area contributed by atoms with Gasteiger partial charge >= 0.3 is 0 Å². The Balaban J connectivity index is 1.41. The number of carbonyl (C=O) groups is 1. The first kappa shape index (κ1) is 19.8. The van der Waals surface area contributed by atoms with Gasteiger partial charge in [0, 0.05) is 31.6 Å². The van der Waals surface area contributed by atoms with Gasteiger partial charge in [0.05, 0.1) is 17.9 Å². The van der Waals surface area contributed by atoms with Crippen molar-refractivity contribution in [2.24, 2.45) is 4.40 Å². The Morgan fingerprint density at radius 3 is 2.63 bits per heavy atom. The van der Waals surface area contributed by atoms with Gasteiger partial charge in [0.2, 0.25) is 0 Å². The number of amides is 1. The molecule has 30 heavy (non-hydrogen) atoms. The number of hydrogen-bond acceptors (Lipinski definition) is 5. The van der Waals surface area contributed by atoms with Crippen molar-refractivity contribution in [1.29, 1.82) is 0 Å². The second kappa shape index (κ2) is 8.11. The lowest BCUT2D eigenvalue weighted by Gasteiger charge is -2.28. The number of carbonyl (C=O) groups excluding carboxylic acids is 1. The highest BCUT2D eigenvalue weighted by molar-refractivity contribution is 7.90. The topological polar surface area (TPSA) is 101 Å². The van der Waals surface area contributed by atoms with Crippen LogP contribution in [0, 0.1) is 0 Å². The van der Waals surface area contributed by atoms with Crippen LogP contribution in [-0.2, 0) is 27.9 Å². The average molecular weight is 424 g/mol. The van der Waals surface area contributed by atoms with E-state index in [0.717, 1.165) is 11.1 Å². The second-order valence-electron chi connectivity index (χ2n) is 6.98. The van der Waals surface area contributed by atoms with Gasteiger partial charge in [-0.1, -0.05) is 30.3 Å². The van der Waals surface area contributed by atoms with E-state index in [0.29, 0.717) is 6.54 Å². The molecule has 1 amide bonds. The molecule has 2 aliphatic rings. The zero-order chi connectivity index (χ0) is 21.1. The van der Waals surface area contributed by atoms with E-state index in [9.17, 15) is 18.0 Å². The van der Waals surface area contributed by atoms with Crippen molar-refractivity contribution < 1.29 is 13.2 Å². The fraction of sp³-hybridized carbons (Fsp3) is 0.190. The fourth-order valence-electron chi connectivity index (χ4n) is 3.22. The number of nitrogens with one attached hydrogen (secondary N) is 1. The molecule has 2 aliphatic heterocycles. The molecular weight excluding hydrogens is 404 g/mol. The minimum absolute atomic E-state index is 0.0645. The minimum Gasteiger partial charge on any atom is -0.348 e. The quantitative estimate of drug-likeness (QED) is 0.772. The van der Waals surface area contributed by atoms with E-state index in [1.165, 1.54) is 6.07 Å². The van der Waals surface area contributed by atoms with Gasteiger partial charge in [-0.2, -0.15) is 0 Å². The average Bonchev–Trinajstić information content (AvgIpc) is 2.73. The first-order chi connectivity index (χ1) is 14.4. The highest BCUT2D eigenvalue weighted by Gasteiger charge is 2.29. The SMILES string of the molecule is O=C(NCc1ccc(Cn2ccccc2=O)cc1)C1=CC=CN2CCS(=O)(=O)N=C12. The molecule has 2 aromatic rings. The third kappa shape index (κ3) is 4.41. The molecule has 1 aromatic heterocycles. The summed E-state index contributed by atoms with van der Waals surface area (Å²) in [5.74, 6) is -0.304. The number of benzene rings is 1. The van der Waals surface area contributed by atoms with Gasteiger partial charge in [-0.3, -0.25) is 9.59 Å². The number of sulfonamides is 1. The molecule has 9 heteroatoms. The molecule has 8 nitrogen and oxygen atoms in total. The first-order valence-corrected chi connectivity index (χ1v) is 11.0. The summed E-state index contributed by atoms with van der Waals surface area (Å²) in [6.07, 6.45) is 6.71. The maximum Gasteiger partial charge on any atom is 0.256 e. The molecular formula is C21H20N4O4S. The van der Waals surface area contributed by atoms with E-state index in [4.69, 9.17) is 0 Å². The number of pyridine rings is 1. The molecule has 3 heterocycles. The Kier molecular flexibility index (Phi) is 5.37. The monoisotopic (exact) mass is 424 g/mol. The zero-order valence-corrected chi connectivity index (χ0v) is 16.9. The number of fused-ring (bicyclic) bond motifs is 1.